The van der Waals surface area contributed by atoms with E-state index in [0.717, 1.165) is 17.1 Å². The third kappa shape index (κ3) is 5.60. The summed E-state index contributed by atoms with van der Waals surface area (Å²) in [6, 6.07) is 87.4. The van der Waals surface area contributed by atoms with E-state index in [0.29, 0.717) is 0 Å². The fourth-order valence-electron chi connectivity index (χ4n) is 10.1. The van der Waals surface area contributed by atoms with Crippen molar-refractivity contribution in [3.05, 3.63) is 259 Å². The molecule has 1 atom stereocenters. The lowest BCUT2D eigenvalue weighted by Crippen LogP contribution is -2.28. The second-order valence-electron chi connectivity index (χ2n) is 16.0. The van der Waals surface area contributed by atoms with Crippen LogP contribution >= 0.6 is 11.3 Å². The Kier molecular flexibility index (Phi) is 8.33. The van der Waals surface area contributed by atoms with Crippen molar-refractivity contribution in [2.24, 2.45) is 0 Å². The average Bonchev–Trinajstić information content (AvgIpc) is 3.86. The maximum atomic E-state index is 2.49. The van der Waals surface area contributed by atoms with Gasteiger partial charge in [-0.05, 0) is 103 Å². The van der Waals surface area contributed by atoms with Crippen molar-refractivity contribution in [1.29, 1.82) is 0 Å². The van der Waals surface area contributed by atoms with E-state index in [2.05, 4.69) is 241 Å². The Hall–Kier alpha value is -7.52. The molecule has 0 saturated heterocycles. The standard InChI is InChI=1S/C59H39NS/c1-3-15-40(16-4-1)41-29-33-45(34-30-41)59(44-19-5-2-6-20-44)53-25-11-9-23-51(53)58-54(59)26-14-27-55(58)60(47-37-38-57-52(39-47)50-22-10-12-28-56(50)61-57)46-35-31-43(32-36-46)49-24-13-18-42-17-7-8-21-48(42)49/h1-39H. The Balaban J connectivity index is 1.10. The highest BCUT2D eigenvalue weighted by atomic mass is 32.1. The molecule has 1 unspecified atom stereocenters. The van der Waals surface area contributed by atoms with Gasteiger partial charge in [-0.2, -0.15) is 0 Å². The number of hydrogen-bond donors (Lipinski definition) is 0. The lowest BCUT2D eigenvalue weighted by atomic mass is 9.67. The maximum Gasteiger partial charge on any atom is 0.0714 e. The van der Waals surface area contributed by atoms with Gasteiger partial charge in [0.05, 0.1) is 11.1 Å². The Labute approximate surface area is 360 Å². The summed E-state index contributed by atoms with van der Waals surface area (Å²) in [5.41, 5.74) is 15.3. The molecule has 0 aliphatic heterocycles. The number of hydrogen-bond acceptors (Lipinski definition) is 2. The van der Waals surface area contributed by atoms with E-state index < -0.39 is 5.41 Å². The molecule has 2 heteroatoms. The van der Waals surface area contributed by atoms with Gasteiger partial charge in [-0.25, -0.2) is 0 Å². The highest BCUT2D eigenvalue weighted by molar-refractivity contribution is 7.25. The van der Waals surface area contributed by atoms with Crippen molar-refractivity contribution in [1.82, 2.24) is 0 Å². The Morgan fingerprint density at radius 2 is 0.918 bits per heavy atom. The summed E-state index contributed by atoms with van der Waals surface area (Å²) >= 11 is 1.86. The minimum absolute atomic E-state index is 0.546. The van der Waals surface area contributed by atoms with Crippen molar-refractivity contribution in [2.45, 2.75) is 5.41 Å². The molecule has 1 aliphatic rings. The topological polar surface area (TPSA) is 3.24 Å². The molecule has 1 nitrogen and oxygen atoms in total. The van der Waals surface area contributed by atoms with Gasteiger partial charge >= 0.3 is 0 Å². The molecular weight excluding hydrogens is 755 g/mol. The van der Waals surface area contributed by atoms with E-state index in [9.17, 15) is 0 Å². The van der Waals surface area contributed by atoms with Crippen LogP contribution in [0.1, 0.15) is 22.3 Å². The first-order valence-electron chi connectivity index (χ1n) is 21.0. The summed E-state index contributed by atoms with van der Waals surface area (Å²) in [6.07, 6.45) is 0. The molecule has 286 valence electrons. The number of nitrogens with zero attached hydrogens (tertiary/aromatic N) is 1. The van der Waals surface area contributed by atoms with E-state index in [1.54, 1.807) is 0 Å². The van der Waals surface area contributed by atoms with Crippen molar-refractivity contribution in [3.63, 3.8) is 0 Å². The highest BCUT2D eigenvalue weighted by Gasteiger charge is 2.47. The number of benzene rings is 10. The second-order valence-corrected chi connectivity index (χ2v) is 17.1. The third-order valence-electron chi connectivity index (χ3n) is 12.8. The van der Waals surface area contributed by atoms with Crippen molar-refractivity contribution >= 4 is 59.3 Å². The normalized spacial score (nSPS) is 14.3. The zero-order valence-corrected chi connectivity index (χ0v) is 34.2. The van der Waals surface area contributed by atoms with E-state index in [-0.39, 0.29) is 0 Å². The average molecular weight is 794 g/mol. The Morgan fingerprint density at radius 3 is 1.75 bits per heavy atom. The van der Waals surface area contributed by atoms with Gasteiger partial charge in [0.15, 0.2) is 0 Å². The van der Waals surface area contributed by atoms with Crippen LogP contribution in [0.2, 0.25) is 0 Å². The molecule has 0 fully saturated rings. The van der Waals surface area contributed by atoms with Crippen LogP contribution in [0.3, 0.4) is 0 Å². The van der Waals surface area contributed by atoms with Gasteiger partial charge in [0, 0.05) is 37.1 Å². The van der Waals surface area contributed by atoms with Gasteiger partial charge in [-0.1, -0.05) is 194 Å². The molecule has 10 aromatic carbocycles. The molecule has 0 bridgehead atoms. The fourth-order valence-corrected chi connectivity index (χ4v) is 11.1. The molecule has 0 amide bonds. The molecule has 0 spiro atoms. The largest absolute Gasteiger partial charge is 0.310 e. The first-order chi connectivity index (χ1) is 30.3. The van der Waals surface area contributed by atoms with Crippen LogP contribution in [0.4, 0.5) is 17.1 Å². The molecular formula is C59H39NS. The van der Waals surface area contributed by atoms with Gasteiger partial charge in [0.25, 0.3) is 0 Å². The molecule has 0 saturated carbocycles. The summed E-state index contributed by atoms with van der Waals surface area (Å²) in [4.78, 5) is 2.49. The van der Waals surface area contributed by atoms with Crippen LogP contribution in [0, 0.1) is 0 Å². The molecule has 61 heavy (non-hydrogen) atoms. The molecule has 0 N–H and O–H groups in total. The summed E-state index contributed by atoms with van der Waals surface area (Å²) < 4.78 is 2.60. The van der Waals surface area contributed by atoms with Crippen LogP contribution in [0.25, 0.3) is 64.3 Å². The first-order valence-corrected chi connectivity index (χ1v) is 21.8. The van der Waals surface area contributed by atoms with E-state index in [1.807, 2.05) is 11.3 Å². The lowest BCUT2D eigenvalue weighted by Gasteiger charge is -2.34. The van der Waals surface area contributed by atoms with Gasteiger partial charge in [0.1, 0.15) is 0 Å². The molecule has 1 heterocycles. The monoisotopic (exact) mass is 793 g/mol. The zero-order chi connectivity index (χ0) is 40.3. The third-order valence-corrected chi connectivity index (χ3v) is 13.9. The fraction of sp³-hybridized carbons (Fsp3) is 0.0169. The number of rotatable bonds is 7. The van der Waals surface area contributed by atoms with Crippen LogP contribution in [0.5, 0.6) is 0 Å². The van der Waals surface area contributed by atoms with Crippen molar-refractivity contribution in [3.8, 4) is 33.4 Å². The van der Waals surface area contributed by atoms with Gasteiger partial charge in [0.2, 0.25) is 0 Å². The van der Waals surface area contributed by atoms with E-state index >= 15 is 0 Å². The first kappa shape index (κ1) is 35.4. The van der Waals surface area contributed by atoms with Crippen molar-refractivity contribution in [2.75, 3.05) is 4.90 Å². The number of thiophene rings is 1. The van der Waals surface area contributed by atoms with E-state index in [1.165, 1.54) is 86.6 Å². The second kappa shape index (κ2) is 14.3. The predicted octanol–water partition coefficient (Wildman–Crippen LogP) is 16.4. The Bertz CT molecular complexity index is 3400. The molecule has 0 radical (unpaired) electrons. The summed E-state index contributed by atoms with van der Waals surface area (Å²) in [6.45, 7) is 0. The van der Waals surface area contributed by atoms with Gasteiger partial charge in [-0.3, -0.25) is 0 Å². The summed E-state index contributed by atoms with van der Waals surface area (Å²) in [7, 11) is 0. The van der Waals surface area contributed by atoms with E-state index in [4.69, 9.17) is 0 Å². The smallest absolute Gasteiger partial charge is 0.0714 e. The van der Waals surface area contributed by atoms with Gasteiger partial charge < -0.3 is 4.90 Å². The number of anilines is 3. The maximum absolute atomic E-state index is 2.49. The molecule has 1 aliphatic carbocycles. The zero-order valence-electron chi connectivity index (χ0n) is 33.4. The van der Waals surface area contributed by atoms with Crippen molar-refractivity contribution < 1.29 is 0 Å². The molecule has 11 aromatic rings. The quantitative estimate of drug-likeness (QED) is 0.155. The lowest BCUT2D eigenvalue weighted by molar-refractivity contribution is 0.768. The minimum atomic E-state index is -0.546. The summed E-state index contributed by atoms with van der Waals surface area (Å²) in [5, 5.41) is 5.08. The summed E-state index contributed by atoms with van der Waals surface area (Å²) in [5.74, 6) is 0. The Morgan fingerprint density at radius 1 is 0.344 bits per heavy atom. The highest BCUT2D eigenvalue weighted by Crippen LogP contribution is 2.59. The number of fused-ring (bicyclic) bond motifs is 7. The van der Waals surface area contributed by atoms with Crippen LogP contribution in [-0.4, -0.2) is 0 Å². The SMILES string of the molecule is c1ccc(-c2ccc(C3(c4ccccc4)c4ccccc4-c4c(N(c5ccc(-c6cccc7ccccc67)cc5)c5ccc6sc7ccccc7c6c5)cccc43)cc2)cc1. The van der Waals surface area contributed by atoms with Crippen LogP contribution in [0.15, 0.2) is 237 Å². The predicted molar refractivity (Wildman–Crippen MR) is 260 cm³/mol. The van der Waals surface area contributed by atoms with Crippen LogP contribution in [-0.2, 0) is 5.41 Å². The molecule has 12 rings (SSSR count). The van der Waals surface area contributed by atoms with Gasteiger partial charge in [-0.15, -0.1) is 11.3 Å². The van der Waals surface area contributed by atoms with Crippen LogP contribution < -0.4 is 4.90 Å². The minimum Gasteiger partial charge on any atom is -0.310 e. The molecule has 1 aromatic heterocycles.